The molecule has 8 heteroatoms. The Morgan fingerprint density at radius 2 is 2.20 bits per heavy atom. The van der Waals surface area contributed by atoms with Gasteiger partial charge in [0.05, 0.1) is 0 Å². The molecule has 25 heavy (non-hydrogen) atoms. The number of nitrogens with one attached hydrogen (secondary N) is 1. The summed E-state index contributed by atoms with van der Waals surface area (Å²) in [5.41, 5.74) is 0.692. The molecule has 1 aromatic carbocycles. The highest BCUT2D eigenvalue weighted by Gasteiger charge is 2.25. The molecule has 0 spiro atoms. The summed E-state index contributed by atoms with van der Waals surface area (Å²) in [5, 5.41) is 15.8. The zero-order valence-corrected chi connectivity index (χ0v) is 13.8. The molecule has 1 saturated heterocycles. The number of aryl methyl sites for hydroxylation is 1. The first kappa shape index (κ1) is 17.3. The topological polar surface area (TPSA) is 91.5 Å². The Bertz CT molecular complexity index is 704. The van der Waals surface area contributed by atoms with Crippen LogP contribution >= 0.6 is 0 Å². The molecule has 2 N–H and O–H groups in total. The molecule has 134 valence electrons. The zero-order valence-electron chi connectivity index (χ0n) is 13.8. The Labute approximate surface area is 144 Å². The minimum atomic E-state index is -0.313. The van der Waals surface area contributed by atoms with Gasteiger partial charge in [-0.05, 0) is 37.1 Å². The van der Waals surface area contributed by atoms with E-state index in [1.165, 1.54) is 12.1 Å². The molecule has 0 aliphatic carbocycles. The van der Waals surface area contributed by atoms with Crippen molar-refractivity contribution in [2.45, 2.75) is 19.3 Å². The predicted octanol–water partition coefficient (Wildman–Crippen LogP) is 1.83. The number of carbonyl (C=O) groups excluding carboxylic acids is 1. The third-order valence-corrected chi connectivity index (χ3v) is 4.25. The van der Waals surface area contributed by atoms with Crippen LogP contribution in [0.1, 0.15) is 18.7 Å². The number of amides is 2. The van der Waals surface area contributed by atoms with Crippen LogP contribution in [0.3, 0.4) is 0 Å². The van der Waals surface area contributed by atoms with E-state index in [9.17, 15) is 9.18 Å². The summed E-state index contributed by atoms with van der Waals surface area (Å²) in [6, 6.07) is 5.79. The third kappa shape index (κ3) is 4.54. The third-order valence-electron chi connectivity index (χ3n) is 4.25. The number of halogens is 1. The Hall–Kier alpha value is -2.48. The van der Waals surface area contributed by atoms with Crippen molar-refractivity contribution in [1.82, 2.24) is 20.4 Å². The van der Waals surface area contributed by atoms with Gasteiger partial charge in [0.2, 0.25) is 11.7 Å². The molecule has 1 aliphatic rings. The van der Waals surface area contributed by atoms with Gasteiger partial charge in [0.1, 0.15) is 5.82 Å². The second-order valence-corrected chi connectivity index (χ2v) is 6.14. The molecule has 1 aromatic heterocycles. The van der Waals surface area contributed by atoms with E-state index in [0.29, 0.717) is 49.8 Å². The van der Waals surface area contributed by atoms with Gasteiger partial charge in [-0.2, -0.15) is 4.98 Å². The van der Waals surface area contributed by atoms with Crippen LogP contribution in [0.2, 0.25) is 0 Å². The summed E-state index contributed by atoms with van der Waals surface area (Å²) in [6.07, 6.45) is 2.07. The molecule has 1 unspecified atom stereocenters. The molecule has 2 amide bonds. The fourth-order valence-corrected chi connectivity index (χ4v) is 2.79. The molecular formula is C17H21FN4O3. The van der Waals surface area contributed by atoms with Gasteiger partial charge in [-0.15, -0.1) is 0 Å². The van der Waals surface area contributed by atoms with Crippen molar-refractivity contribution in [3.05, 3.63) is 36.0 Å². The molecule has 1 aliphatic heterocycles. The van der Waals surface area contributed by atoms with Crippen LogP contribution in [0.5, 0.6) is 0 Å². The molecular weight excluding hydrogens is 327 g/mol. The highest BCUT2D eigenvalue weighted by molar-refractivity contribution is 5.74. The Balaban J connectivity index is 1.41. The van der Waals surface area contributed by atoms with Crippen molar-refractivity contribution in [2.75, 3.05) is 26.2 Å². The number of urea groups is 1. The molecule has 1 atom stereocenters. The van der Waals surface area contributed by atoms with E-state index in [1.54, 1.807) is 17.0 Å². The number of benzene rings is 1. The van der Waals surface area contributed by atoms with E-state index in [2.05, 4.69) is 15.5 Å². The van der Waals surface area contributed by atoms with E-state index < -0.39 is 0 Å². The molecule has 2 aromatic rings. The van der Waals surface area contributed by atoms with Gasteiger partial charge in [0.15, 0.2) is 0 Å². The van der Waals surface area contributed by atoms with Gasteiger partial charge in [-0.3, -0.25) is 0 Å². The van der Waals surface area contributed by atoms with Gasteiger partial charge < -0.3 is 19.8 Å². The Morgan fingerprint density at radius 3 is 2.92 bits per heavy atom. The fraction of sp³-hybridized carbons (Fsp3) is 0.471. The van der Waals surface area contributed by atoms with Crippen LogP contribution in [-0.2, 0) is 6.42 Å². The summed E-state index contributed by atoms with van der Waals surface area (Å²) < 4.78 is 18.1. The summed E-state index contributed by atoms with van der Waals surface area (Å²) in [7, 11) is 0. The van der Waals surface area contributed by atoms with Gasteiger partial charge in [0.25, 0.3) is 0 Å². The molecule has 0 saturated carbocycles. The number of hydrogen-bond donors (Lipinski definition) is 2. The van der Waals surface area contributed by atoms with Crippen molar-refractivity contribution in [3.63, 3.8) is 0 Å². The van der Waals surface area contributed by atoms with E-state index in [0.717, 1.165) is 6.42 Å². The second kappa shape index (κ2) is 8.06. The quantitative estimate of drug-likeness (QED) is 0.777. The lowest BCUT2D eigenvalue weighted by Gasteiger charge is -2.16. The van der Waals surface area contributed by atoms with Crippen LogP contribution in [0.25, 0.3) is 11.4 Å². The number of likely N-dealkylation sites (tertiary alicyclic amines) is 1. The first-order valence-corrected chi connectivity index (χ1v) is 8.38. The average molecular weight is 348 g/mol. The first-order valence-electron chi connectivity index (χ1n) is 8.38. The standard InChI is InChI=1S/C17H21FN4O3/c18-14-5-3-13(4-6-14)16-20-15(25-21-16)2-1-8-19-17(24)22-9-7-12(10-22)11-23/h3-6,12,23H,1-2,7-11H2,(H,19,24). The number of carbonyl (C=O) groups is 1. The van der Waals surface area contributed by atoms with Crippen LogP contribution in [-0.4, -0.2) is 52.4 Å². The number of aliphatic hydroxyl groups excluding tert-OH is 1. The van der Waals surface area contributed by atoms with E-state index >= 15 is 0 Å². The number of aliphatic hydroxyl groups is 1. The minimum absolute atomic E-state index is 0.103. The van der Waals surface area contributed by atoms with Gasteiger partial charge >= 0.3 is 6.03 Å². The second-order valence-electron chi connectivity index (χ2n) is 6.14. The molecule has 2 heterocycles. The predicted molar refractivity (Wildman–Crippen MR) is 88.2 cm³/mol. The number of aromatic nitrogens is 2. The van der Waals surface area contributed by atoms with E-state index in [1.807, 2.05) is 0 Å². The van der Waals surface area contributed by atoms with Gasteiger partial charge in [-0.25, -0.2) is 9.18 Å². The van der Waals surface area contributed by atoms with E-state index in [-0.39, 0.29) is 24.4 Å². The number of nitrogens with zero attached hydrogens (tertiary/aromatic N) is 3. The van der Waals surface area contributed by atoms with Crippen molar-refractivity contribution in [3.8, 4) is 11.4 Å². The first-order chi connectivity index (χ1) is 12.2. The molecule has 1 fully saturated rings. The van der Waals surface area contributed by atoms with Crippen LogP contribution in [0.15, 0.2) is 28.8 Å². The number of hydrogen-bond acceptors (Lipinski definition) is 5. The average Bonchev–Trinajstić information content (AvgIpc) is 3.28. The summed E-state index contributed by atoms with van der Waals surface area (Å²) in [4.78, 5) is 18.0. The van der Waals surface area contributed by atoms with Gasteiger partial charge in [-0.1, -0.05) is 5.16 Å². The highest BCUT2D eigenvalue weighted by atomic mass is 19.1. The van der Waals surface area contributed by atoms with Crippen molar-refractivity contribution in [2.24, 2.45) is 5.92 Å². The van der Waals surface area contributed by atoms with Crippen molar-refractivity contribution in [1.29, 1.82) is 0 Å². The normalized spacial score (nSPS) is 17.0. The lowest BCUT2D eigenvalue weighted by molar-refractivity contribution is 0.198. The van der Waals surface area contributed by atoms with Crippen molar-refractivity contribution < 1.29 is 18.8 Å². The summed E-state index contributed by atoms with van der Waals surface area (Å²) in [5.74, 6) is 0.779. The Morgan fingerprint density at radius 1 is 1.40 bits per heavy atom. The lowest BCUT2D eigenvalue weighted by atomic mass is 10.1. The SMILES string of the molecule is O=C(NCCCc1nc(-c2ccc(F)cc2)no1)N1CCC(CO)C1. The van der Waals surface area contributed by atoms with Crippen LogP contribution < -0.4 is 5.32 Å². The maximum atomic E-state index is 12.9. The fourth-order valence-electron chi connectivity index (χ4n) is 2.79. The Kier molecular flexibility index (Phi) is 5.60. The zero-order chi connectivity index (χ0) is 17.6. The maximum absolute atomic E-state index is 12.9. The highest BCUT2D eigenvalue weighted by Crippen LogP contribution is 2.17. The summed E-state index contributed by atoms with van der Waals surface area (Å²) in [6.45, 7) is 1.92. The van der Waals surface area contributed by atoms with Crippen molar-refractivity contribution >= 4 is 6.03 Å². The maximum Gasteiger partial charge on any atom is 0.317 e. The largest absolute Gasteiger partial charge is 0.396 e. The smallest absolute Gasteiger partial charge is 0.317 e. The molecule has 0 radical (unpaired) electrons. The monoisotopic (exact) mass is 348 g/mol. The van der Waals surface area contributed by atoms with Gasteiger partial charge in [0, 0.05) is 44.1 Å². The number of rotatable bonds is 6. The molecule has 7 nitrogen and oxygen atoms in total. The molecule has 0 bridgehead atoms. The molecule has 3 rings (SSSR count). The van der Waals surface area contributed by atoms with Crippen LogP contribution in [0, 0.1) is 11.7 Å². The van der Waals surface area contributed by atoms with E-state index in [4.69, 9.17) is 9.63 Å². The summed E-state index contributed by atoms with van der Waals surface area (Å²) >= 11 is 0. The minimum Gasteiger partial charge on any atom is -0.396 e. The lowest BCUT2D eigenvalue weighted by Crippen LogP contribution is -2.39. The van der Waals surface area contributed by atoms with Crippen LogP contribution in [0.4, 0.5) is 9.18 Å².